The molecule has 2 aliphatic rings. The highest BCUT2D eigenvalue weighted by Gasteiger charge is 2.36. The van der Waals surface area contributed by atoms with Gasteiger partial charge in [-0.25, -0.2) is 9.98 Å². The Morgan fingerprint density at radius 3 is 2.09 bits per heavy atom. The standard InChI is InChI=1S/C31H26ClN3/c1-31(2)26-18-22(14-16-24(26)25-17-15-23(32)19-27(25)31)30-34-28(20-10-6-4-7-11-20)33-29(35(30)3)21-12-8-5-9-13-21/h4-19,29H,1-3H3. The van der Waals surface area contributed by atoms with E-state index in [0.29, 0.717) is 0 Å². The zero-order valence-corrected chi connectivity index (χ0v) is 20.8. The zero-order chi connectivity index (χ0) is 24.2. The first-order chi connectivity index (χ1) is 16.9. The Bertz CT molecular complexity index is 1490. The Labute approximate surface area is 211 Å². The SMILES string of the molecule is CN1C(c2ccc3c(c2)C(C)(C)c2cc(Cl)ccc2-3)=NC(c2ccccc2)=NC1c1ccccc1. The number of nitrogens with zero attached hydrogens (tertiary/aromatic N) is 3. The maximum Gasteiger partial charge on any atom is 0.159 e. The summed E-state index contributed by atoms with van der Waals surface area (Å²) in [4.78, 5) is 12.3. The summed E-state index contributed by atoms with van der Waals surface area (Å²) in [5.41, 5.74) is 8.18. The van der Waals surface area contributed by atoms with E-state index in [1.807, 2.05) is 30.3 Å². The quantitative estimate of drug-likeness (QED) is 0.301. The normalized spacial score (nSPS) is 17.9. The molecule has 6 rings (SSSR count). The molecule has 0 aromatic heterocycles. The van der Waals surface area contributed by atoms with Crippen LogP contribution in [0.3, 0.4) is 0 Å². The molecule has 1 heterocycles. The average Bonchev–Trinajstić information content (AvgIpc) is 3.11. The van der Waals surface area contributed by atoms with Crippen molar-refractivity contribution < 1.29 is 0 Å². The summed E-state index contributed by atoms with van der Waals surface area (Å²) < 4.78 is 0. The molecular formula is C31H26ClN3. The zero-order valence-electron chi connectivity index (χ0n) is 20.0. The van der Waals surface area contributed by atoms with Crippen molar-refractivity contribution in [2.75, 3.05) is 7.05 Å². The van der Waals surface area contributed by atoms with E-state index in [9.17, 15) is 0 Å². The molecule has 0 bridgehead atoms. The lowest BCUT2D eigenvalue weighted by molar-refractivity contribution is 0.383. The number of hydrogen-bond acceptors (Lipinski definition) is 3. The van der Waals surface area contributed by atoms with E-state index in [1.54, 1.807) is 0 Å². The van der Waals surface area contributed by atoms with Gasteiger partial charge in [0.15, 0.2) is 5.84 Å². The molecule has 0 fully saturated rings. The largest absolute Gasteiger partial charge is 0.333 e. The van der Waals surface area contributed by atoms with Gasteiger partial charge in [-0.2, -0.15) is 0 Å². The van der Waals surface area contributed by atoms with E-state index in [4.69, 9.17) is 21.6 Å². The van der Waals surface area contributed by atoms with Crippen LogP contribution in [0, 0.1) is 0 Å². The number of rotatable bonds is 3. The molecule has 1 aliphatic heterocycles. The van der Waals surface area contributed by atoms with Crippen molar-refractivity contribution >= 4 is 23.3 Å². The predicted molar refractivity (Wildman–Crippen MR) is 145 cm³/mol. The Kier molecular flexibility index (Phi) is 5.12. The number of benzene rings is 4. The first-order valence-corrected chi connectivity index (χ1v) is 12.3. The second-order valence-electron chi connectivity index (χ2n) is 9.72. The van der Waals surface area contributed by atoms with Gasteiger partial charge in [-0.15, -0.1) is 0 Å². The second kappa shape index (κ2) is 8.21. The third-order valence-corrected chi connectivity index (χ3v) is 7.42. The molecular weight excluding hydrogens is 450 g/mol. The molecule has 1 unspecified atom stereocenters. The van der Waals surface area contributed by atoms with Gasteiger partial charge in [0, 0.05) is 28.6 Å². The van der Waals surface area contributed by atoms with Crippen molar-refractivity contribution in [2.24, 2.45) is 9.98 Å². The highest BCUT2D eigenvalue weighted by atomic mass is 35.5. The van der Waals surface area contributed by atoms with Crippen LogP contribution in [0.4, 0.5) is 0 Å². The van der Waals surface area contributed by atoms with Crippen LogP contribution in [-0.2, 0) is 5.41 Å². The highest BCUT2D eigenvalue weighted by molar-refractivity contribution is 6.30. The second-order valence-corrected chi connectivity index (χ2v) is 10.2. The minimum Gasteiger partial charge on any atom is -0.333 e. The topological polar surface area (TPSA) is 28.0 Å². The highest BCUT2D eigenvalue weighted by Crippen LogP contribution is 2.49. The molecule has 4 aromatic rings. The van der Waals surface area contributed by atoms with Gasteiger partial charge in [-0.05, 0) is 46.0 Å². The summed E-state index contributed by atoms with van der Waals surface area (Å²) in [6, 6.07) is 33.6. The van der Waals surface area contributed by atoms with Crippen LogP contribution in [0.2, 0.25) is 5.02 Å². The predicted octanol–water partition coefficient (Wildman–Crippen LogP) is 7.48. The number of halogens is 1. The van der Waals surface area contributed by atoms with Crippen LogP contribution in [-0.4, -0.2) is 23.6 Å². The minimum atomic E-state index is -0.156. The van der Waals surface area contributed by atoms with Crippen molar-refractivity contribution in [2.45, 2.75) is 25.4 Å². The van der Waals surface area contributed by atoms with E-state index >= 15 is 0 Å². The number of hydrogen-bond donors (Lipinski definition) is 0. The Morgan fingerprint density at radius 1 is 0.743 bits per heavy atom. The van der Waals surface area contributed by atoms with Crippen LogP contribution < -0.4 is 0 Å². The molecule has 35 heavy (non-hydrogen) atoms. The van der Waals surface area contributed by atoms with Gasteiger partial charge >= 0.3 is 0 Å². The van der Waals surface area contributed by atoms with E-state index in [-0.39, 0.29) is 11.6 Å². The van der Waals surface area contributed by atoms with Crippen molar-refractivity contribution in [3.8, 4) is 11.1 Å². The molecule has 0 saturated carbocycles. The number of aliphatic imine (C=N–C) groups is 2. The average molecular weight is 476 g/mol. The van der Waals surface area contributed by atoms with E-state index in [2.05, 4.69) is 92.5 Å². The van der Waals surface area contributed by atoms with Gasteiger partial charge in [0.25, 0.3) is 0 Å². The van der Waals surface area contributed by atoms with E-state index in [1.165, 1.54) is 22.3 Å². The van der Waals surface area contributed by atoms with E-state index < -0.39 is 0 Å². The molecule has 0 saturated heterocycles. The summed E-state index contributed by atoms with van der Waals surface area (Å²) in [6.45, 7) is 4.54. The summed E-state index contributed by atoms with van der Waals surface area (Å²) in [7, 11) is 2.08. The molecule has 172 valence electrons. The van der Waals surface area contributed by atoms with Gasteiger partial charge in [0.1, 0.15) is 12.0 Å². The third kappa shape index (κ3) is 3.59. The van der Waals surface area contributed by atoms with Crippen molar-refractivity contribution in [1.82, 2.24) is 4.90 Å². The minimum absolute atomic E-state index is 0.144. The van der Waals surface area contributed by atoms with E-state index in [0.717, 1.165) is 33.4 Å². The van der Waals surface area contributed by atoms with Crippen LogP contribution in [0.1, 0.15) is 47.8 Å². The lowest BCUT2D eigenvalue weighted by Crippen LogP contribution is -2.35. The lowest BCUT2D eigenvalue weighted by atomic mass is 9.82. The van der Waals surface area contributed by atoms with Crippen molar-refractivity contribution in [3.05, 3.63) is 130 Å². The Morgan fingerprint density at radius 2 is 1.37 bits per heavy atom. The van der Waals surface area contributed by atoms with Gasteiger partial charge < -0.3 is 4.90 Å². The monoisotopic (exact) mass is 475 g/mol. The summed E-state index contributed by atoms with van der Waals surface area (Å²) in [5, 5.41) is 0.774. The number of fused-ring (bicyclic) bond motifs is 3. The molecule has 1 aliphatic carbocycles. The first-order valence-electron chi connectivity index (χ1n) is 11.9. The third-order valence-electron chi connectivity index (χ3n) is 7.18. The molecule has 0 spiro atoms. The molecule has 1 atom stereocenters. The molecule has 4 aromatic carbocycles. The first kappa shape index (κ1) is 21.8. The fourth-order valence-corrected chi connectivity index (χ4v) is 5.47. The fraction of sp³-hybridized carbons (Fsp3) is 0.161. The van der Waals surface area contributed by atoms with Gasteiger partial charge in [0.2, 0.25) is 0 Å². The Hall–Kier alpha value is -3.69. The molecule has 4 heteroatoms. The summed E-state index contributed by atoms with van der Waals surface area (Å²) in [6.07, 6.45) is -0.156. The summed E-state index contributed by atoms with van der Waals surface area (Å²) in [5.74, 6) is 1.67. The van der Waals surface area contributed by atoms with Gasteiger partial charge in [0.05, 0.1) is 0 Å². The maximum atomic E-state index is 6.38. The molecule has 0 N–H and O–H groups in total. The van der Waals surface area contributed by atoms with Crippen molar-refractivity contribution in [3.63, 3.8) is 0 Å². The van der Waals surface area contributed by atoms with Crippen LogP contribution >= 0.6 is 11.6 Å². The van der Waals surface area contributed by atoms with Crippen LogP contribution in [0.25, 0.3) is 11.1 Å². The van der Waals surface area contributed by atoms with Crippen LogP contribution in [0.5, 0.6) is 0 Å². The number of amidine groups is 2. The molecule has 0 radical (unpaired) electrons. The molecule has 3 nitrogen and oxygen atoms in total. The summed E-state index contributed by atoms with van der Waals surface area (Å²) >= 11 is 6.38. The van der Waals surface area contributed by atoms with Crippen LogP contribution in [0.15, 0.2) is 107 Å². The smallest absolute Gasteiger partial charge is 0.159 e. The fourth-order valence-electron chi connectivity index (χ4n) is 5.29. The molecule has 0 amide bonds. The maximum absolute atomic E-state index is 6.38. The lowest BCUT2D eigenvalue weighted by Gasteiger charge is -2.33. The van der Waals surface area contributed by atoms with Crippen molar-refractivity contribution in [1.29, 1.82) is 0 Å². The van der Waals surface area contributed by atoms with Gasteiger partial charge in [-0.3, -0.25) is 0 Å². The Balaban J connectivity index is 1.49. The van der Waals surface area contributed by atoms with Gasteiger partial charge in [-0.1, -0.05) is 104 Å².